The van der Waals surface area contributed by atoms with Crippen LogP contribution in [0.5, 0.6) is 0 Å². The summed E-state index contributed by atoms with van der Waals surface area (Å²) in [5.74, 6) is 0. The van der Waals surface area contributed by atoms with Crippen LogP contribution in [0, 0.1) is 0 Å². The minimum absolute atomic E-state index is 0.0223. The van der Waals surface area contributed by atoms with Crippen LogP contribution < -0.4 is 10.2 Å². The van der Waals surface area contributed by atoms with Gasteiger partial charge in [-0.25, -0.2) is 4.79 Å². The average molecular weight is 343 g/mol. The highest BCUT2D eigenvalue weighted by molar-refractivity contribution is 7.10. The molecule has 5 heteroatoms. The summed E-state index contributed by atoms with van der Waals surface area (Å²) in [6, 6.07) is 15.0. The molecule has 1 saturated heterocycles. The van der Waals surface area contributed by atoms with Crippen LogP contribution in [0.15, 0.2) is 47.8 Å². The lowest BCUT2D eigenvalue weighted by Gasteiger charge is -2.35. The first-order valence-electron chi connectivity index (χ1n) is 8.52. The molecule has 1 aliphatic rings. The van der Waals surface area contributed by atoms with Gasteiger partial charge in [-0.1, -0.05) is 24.3 Å². The number of thiophene rings is 1. The van der Waals surface area contributed by atoms with Gasteiger partial charge in [0.25, 0.3) is 0 Å². The standard InChI is InChI=1S/C19H25N3OS/c1-15(18-9-6-14-24-18)21(2)19(23)20-16-10-12-22(13-11-16)17-7-4-3-5-8-17/h3-9,14-16H,10-13H2,1-2H3,(H,20,23). The summed E-state index contributed by atoms with van der Waals surface area (Å²) in [5.41, 5.74) is 1.27. The molecule has 1 aliphatic heterocycles. The molecule has 24 heavy (non-hydrogen) atoms. The third-order valence-corrected chi connectivity index (χ3v) is 5.84. The predicted octanol–water partition coefficient (Wildman–Crippen LogP) is 4.12. The van der Waals surface area contributed by atoms with Gasteiger partial charge in [0.1, 0.15) is 0 Å². The number of benzene rings is 1. The second kappa shape index (κ2) is 7.71. The van der Waals surface area contributed by atoms with Crippen molar-refractivity contribution in [1.29, 1.82) is 0 Å². The first-order valence-corrected chi connectivity index (χ1v) is 9.40. The van der Waals surface area contributed by atoms with Gasteiger partial charge >= 0.3 is 6.03 Å². The molecule has 2 amide bonds. The number of piperidine rings is 1. The summed E-state index contributed by atoms with van der Waals surface area (Å²) in [6.45, 7) is 4.04. The topological polar surface area (TPSA) is 35.6 Å². The van der Waals surface area contributed by atoms with E-state index in [0.717, 1.165) is 25.9 Å². The number of amides is 2. The van der Waals surface area contributed by atoms with E-state index in [0.29, 0.717) is 0 Å². The minimum Gasteiger partial charge on any atom is -0.371 e. The van der Waals surface area contributed by atoms with Crippen molar-refractivity contribution < 1.29 is 4.79 Å². The second-order valence-corrected chi connectivity index (χ2v) is 7.33. The maximum atomic E-state index is 12.5. The second-order valence-electron chi connectivity index (χ2n) is 6.35. The zero-order chi connectivity index (χ0) is 16.9. The monoisotopic (exact) mass is 343 g/mol. The predicted molar refractivity (Wildman–Crippen MR) is 101 cm³/mol. The molecule has 1 aromatic heterocycles. The number of anilines is 1. The zero-order valence-electron chi connectivity index (χ0n) is 14.3. The van der Waals surface area contributed by atoms with Crippen LogP contribution in [0.3, 0.4) is 0 Å². The first kappa shape index (κ1) is 16.8. The van der Waals surface area contributed by atoms with Crippen LogP contribution in [0.1, 0.15) is 30.7 Å². The van der Waals surface area contributed by atoms with Gasteiger partial charge in [0.2, 0.25) is 0 Å². The van der Waals surface area contributed by atoms with Crippen molar-refractivity contribution in [1.82, 2.24) is 10.2 Å². The van der Waals surface area contributed by atoms with Gasteiger partial charge in [0.15, 0.2) is 0 Å². The van der Waals surface area contributed by atoms with Gasteiger partial charge in [-0.2, -0.15) is 0 Å². The fourth-order valence-corrected chi connectivity index (χ4v) is 3.92. The van der Waals surface area contributed by atoms with Crippen LogP contribution in [0.25, 0.3) is 0 Å². The SMILES string of the molecule is CC(c1cccs1)N(C)C(=O)NC1CCN(c2ccccc2)CC1. The highest BCUT2D eigenvalue weighted by Crippen LogP contribution is 2.24. The van der Waals surface area contributed by atoms with Crippen LogP contribution in [0.4, 0.5) is 10.5 Å². The van der Waals surface area contributed by atoms with Gasteiger partial charge in [-0.05, 0) is 43.3 Å². The van der Waals surface area contributed by atoms with Crippen molar-refractivity contribution in [3.63, 3.8) is 0 Å². The van der Waals surface area contributed by atoms with Crippen LogP contribution >= 0.6 is 11.3 Å². The van der Waals surface area contributed by atoms with E-state index < -0.39 is 0 Å². The average Bonchev–Trinajstić information content (AvgIpc) is 3.16. The molecule has 0 radical (unpaired) electrons. The molecule has 1 atom stereocenters. The van der Waals surface area contributed by atoms with Crippen molar-refractivity contribution in [2.45, 2.75) is 31.8 Å². The smallest absolute Gasteiger partial charge is 0.317 e. The first-order chi connectivity index (χ1) is 11.6. The Balaban J connectivity index is 1.49. The molecule has 2 aromatic rings. The molecule has 0 saturated carbocycles. The highest BCUT2D eigenvalue weighted by Gasteiger charge is 2.24. The van der Waals surface area contributed by atoms with Crippen molar-refractivity contribution in [2.75, 3.05) is 25.0 Å². The van der Waals surface area contributed by atoms with Crippen LogP contribution in [-0.4, -0.2) is 37.1 Å². The maximum absolute atomic E-state index is 12.5. The van der Waals surface area contributed by atoms with E-state index >= 15 is 0 Å². The van der Waals surface area contributed by atoms with E-state index in [1.54, 1.807) is 16.2 Å². The Labute approximate surface area is 148 Å². The van der Waals surface area contributed by atoms with E-state index in [1.165, 1.54) is 10.6 Å². The third kappa shape index (κ3) is 3.90. The van der Waals surface area contributed by atoms with Gasteiger partial charge in [0, 0.05) is 36.7 Å². The summed E-state index contributed by atoms with van der Waals surface area (Å²) >= 11 is 1.69. The van der Waals surface area contributed by atoms with Gasteiger partial charge in [0.05, 0.1) is 6.04 Å². The Morgan fingerprint density at radius 3 is 2.54 bits per heavy atom. The molecule has 1 N–H and O–H groups in total. The Hall–Kier alpha value is -2.01. The molecule has 0 bridgehead atoms. The van der Waals surface area contributed by atoms with Crippen molar-refractivity contribution >= 4 is 23.1 Å². The summed E-state index contributed by atoms with van der Waals surface area (Å²) in [6.07, 6.45) is 1.98. The van der Waals surface area contributed by atoms with Crippen LogP contribution in [0.2, 0.25) is 0 Å². The Bertz CT molecular complexity index is 636. The molecule has 2 heterocycles. The summed E-state index contributed by atoms with van der Waals surface area (Å²) in [5, 5.41) is 5.25. The molecular weight excluding hydrogens is 318 g/mol. The molecule has 1 aromatic carbocycles. The molecule has 3 rings (SSSR count). The third-order valence-electron chi connectivity index (χ3n) is 4.80. The van der Waals surface area contributed by atoms with Crippen LogP contribution in [-0.2, 0) is 0 Å². The fourth-order valence-electron chi connectivity index (χ4n) is 3.09. The molecule has 128 valence electrons. The zero-order valence-corrected chi connectivity index (χ0v) is 15.1. The summed E-state index contributed by atoms with van der Waals surface area (Å²) < 4.78 is 0. The minimum atomic E-state index is 0.0223. The number of nitrogens with one attached hydrogen (secondary N) is 1. The maximum Gasteiger partial charge on any atom is 0.317 e. The Kier molecular flexibility index (Phi) is 5.41. The van der Waals surface area contributed by atoms with Gasteiger partial charge < -0.3 is 15.1 Å². The van der Waals surface area contributed by atoms with E-state index in [-0.39, 0.29) is 18.1 Å². The molecule has 0 aliphatic carbocycles. The number of carbonyl (C=O) groups is 1. The molecule has 1 unspecified atom stereocenters. The van der Waals surface area contributed by atoms with E-state index in [9.17, 15) is 4.79 Å². The lowest BCUT2D eigenvalue weighted by molar-refractivity contribution is 0.189. The number of carbonyl (C=O) groups excluding carboxylic acids is 1. The molecule has 4 nitrogen and oxygen atoms in total. The summed E-state index contributed by atoms with van der Waals surface area (Å²) in [4.78, 5) is 17.9. The molecular formula is C19H25N3OS. The molecule has 0 spiro atoms. The lowest BCUT2D eigenvalue weighted by Crippen LogP contribution is -2.48. The van der Waals surface area contributed by atoms with Gasteiger partial charge in [-0.15, -0.1) is 11.3 Å². The largest absolute Gasteiger partial charge is 0.371 e. The quantitative estimate of drug-likeness (QED) is 0.906. The molecule has 1 fully saturated rings. The van der Waals surface area contributed by atoms with Crippen molar-refractivity contribution in [3.8, 4) is 0 Å². The fraction of sp³-hybridized carbons (Fsp3) is 0.421. The number of nitrogens with zero attached hydrogens (tertiary/aromatic N) is 2. The number of rotatable bonds is 4. The Morgan fingerprint density at radius 2 is 1.92 bits per heavy atom. The van der Waals surface area contributed by atoms with Crippen molar-refractivity contribution in [2.24, 2.45) is 0 Å². The Morgan fingerprint density at radius 1 is 1.21 bits per heavy atom. The van der Waals surface area contributed by atoms with E-state index in [2.05, 4.69) is 52.9 Å². The van der Waals surface area contributed by atoms with E-state index in [1.807, 2.05) is 19.2 Å². The number of urea groups is 1. The van der Waals surface area contributed by atoms with Crippen molar-refractivity contribution in [3.05, 3.63) is 52.7 Å². The van der Waals surface area contributed by atoms with Gasteiger partial charge in [-0.3, -0.25) is 0 Å². The van der Waals surface area contributed by atoms with E-state index in [4.69, 9.17) is 0 Å². The number of hydrogen-bond donors (Lipinski definition) is 1. The normalized spacial score (nSPS) is 16.7. The number of para-hydroxylation sites is 1. The lowest BCUT2D eigenvalue weighted by atomic mass is 10.0. The summed E-state index contributed by atoms with van der Waals surface area (Å²) in [7, 11) is 1.87. The number of hydrogen-bond acceptors (Lipinski definition) is 3. The highest BCUT2D eigenvalue weighted by atomic mass is 32.1.